The molecule has 0 aliphatic heterocycles. The zero-order chi connectivity index (χ0) is 17.7. The third-order valence-corrected chi connectivity index (χ3v) is 3.87. The van der Waals surface area contributed by atoms with Gasteiger partial charge in [-0.05, 0) is 37.1 Å². The second-order valence-electron chi connectivity index (χ2n) is 5.54. The summed E-state index contributed by atoms with van der Waals surface area (Å²) >= 11 is 0.194. The second kappa shape index (κ2) is 12.2. The Labute approximate surface area is 163 Å². The molecular formula is C18H20Cl2FeN4. The molecule has 3 rings (SSSR count). The predicted octanol–water partition coefficient (Wildman–Crippen LogP) is 4.70. The van der Waals surface area contributed by atoms with Crippen molar-refractivity contribution < 1.29 is 13.1 Å². The van der Waals surface area contributed by atoms with Gasteiger partial charge < -0.3 is 0 Å². The van der Waals surface area contributed by atoms with Crippen LogP contribution in [0.3, 0.4) is 0 Å². The van der Waals surface area contributed by atoms with Crippen LogP contribution in [0.1, 0.15) is 37.1 Å². The molecule has 2 aromatic heterocycles. The maximum atomic E-state index is 4.76. The first-order valence-corrected chi connectivity index (χ1v) is 11.1. The topological polar surface area (TPSA) is 50.5 Å². The van der Waals surface area contributed by atoms with Gasteiger partial charge in [0.05, 0.1) is 23.5 Å². The SMILES string of the molecule is C(=N[C@H]1CCCC[C@@H]1N=Cc1ccccn1)c1ccccn1.[Cl][Fe][Cl]. The van der Waals surface area contributed by atoms with E-state index in [1.54, 1.807) is 12.4 Å². The van der Waals surface area contributed by atoms with Crippen LogP contribution in [-0.4, -0.2) is 34.5 Å². The molecule has 2 heterocycles. The van der Waals surface area contributed by atoms with E-state index < -0.39 is 0 Å². The molecule has 0 N–H and O–H groups in total. The molecule has 1 saturated carbocycles. The van der Waals surface area contributed by atoms with Gasteiger partial charge in [0.25, 0.3) is 0 Å². The molecule has 1 aliphatic rings. The average molecular weight is 419 g/mol. The van der Waals surface area contributed by atoms with Crippen molar-refractivity contribution in [3.63, 3.8) is 0 Å². The van der Waals surface area contributed by atoms with Crippen molar-refractivity contribution in [1.29, 1.82) is 0 Å². The standard InChI is InChI=1S/C18H20N4.2ClH.Fe/c1-2-10-18(22-14-16-8-4-6-12-20-16)17(9-1)21-13-15-7-3-5-11-19-15;;;/h3-8,11-14,17-18H,1-2,9-10H2;2*1H;/q;;;+2/p-2/t17-,18-;;;/m0.../s1. The Balaban J connectivity index is 0.000000701. The molecule has 0 amide bonds. The first-order chi connectivity index (χ1) is 12.3. The summed E-state index contributed by atoms with van der Waals surface area (Å²) in [5, 5.41) is 0. The monoisotopic (exact) mass is 418 g/mol. The molecule has 1 aliphatic carbocycles. The van der Waals surface area contributed by atoms with E-state index in [2.05, 4.69) is 9.97 Å². The molecule has 4 nitrogen and oxygen atoms in total. The number of halogens is 2. The number of pyridine rings is 2. The number of hydrogen-bond acceptors (Lipinski definition) is 4. The second-order valence-corrected chi connectivity index (χ2v) is 7.36. The van der Waals surface area contributed by atoms with Gasteiger partial charge in [0, 0.05) is 24.8 Å². The fourth-order valence-electron chi connectivity index (χ4n) is 2.69. The molecule has 0 spiro atoms. The third-order valence-electron chi connectivity index (χ3n) is 3.87. The van der Waals surface area contributed by atoms with Crippen LogP contribution < -0.4 is 0 Å². The van der Waals surface area contributed by atoms with E-state index in [0.29, 0.717) is 0 Å². The van der Waals surface area contributed by atoms with Gasteiger partial charge in [0.1, 0.15) is 0 Å². The van der Waals surface area contributed by atoms with Crippen molar-refractivity contribution in [1.82, 2.24) is 9.97 Å². The fraction of sp³-hybridized carbons (Fsp3) is 0.333. The molecule has 2 aromatic rings. The van der Waals surface area contributed by atoms with E-state index >= 15 is 0 Å². The van der Waals surface area contributed by atoms with Gasteiger partial charge in [-0.3, -0.25) is 20.0 Å². The summed E-state index contributed by atoms with van der Waals surface area (Å²) in [6.07, 6.45) is 12.0. The zero-order valence-corrected chi connectivity index (χ0v) is 16.3. The normalized spacial score (nSPS) is 20.6. The number of rotatable bonds is 4. The molecule has 134 valence electrons. The van der Waals surface area contributed by atoms with Crippen molar-refractivity contribution in [2.45, 2.75) is 37.8 Å². The quantitative estimate of drug-likeness (QED) is 0.533. The van der Waals surface area contributed by atoms with Crippen molar-refractivity contribution in [3.05, 3.63) is 60.2 Å². The molecule has 0 saturated heterocycles. The number of hydrogen-bond donors (Lipinski definition) is 0. The van der Waals surface area contributed by atoms with E-state index in [1.165, 1.54) is 12.8 Å². The molecular weight excluding hydrogens is 399 g/mol. The maximum absolute atomic E-state index is 4.76. The van der Waals surface area contributed by atoms with E-state index in [1.807, 2.05) is 48.8 Å². The van der Waals surface area contributed by atoms with Crippen LogP contribution in [0.5, 0.6) is 0 Å². The van der Waals surface area contributed by atoms with Crippen LogP contribution in [0.2, 0.25) is 0 Å². The van der Waals surface area contributed by atoms with Crippen molar-refractivity contribution in [3.8, 4) is 0 Å². The molecule has 0 bridgehead atoms. The molecule has 0 unspecified atom stereocenters. The van der Waals surface area contributed by atoms with Gasteiger partial charge in [0.15, 0.2) is 0 Å². The van der Waals surface area contributed by atoms with Crippen molar-refractivity contribution in [2.24, 2.45) is 9.98 Å². The molecule has 0 radical (unpaired) electrons. The predicted molar refractivity (Wildman–Crippen MR) is 101 cm³/mol. The van der Waals surface area contributed by atoms with Crippen LogP contribution in [0.4, 0.5) is 0 Å². The Morgan fingerprint density at radius 2 is 1.28 bits per heavy atom. The summed E-state index contributed by atoms with van der Waals surface area (Å²) < 4.78 is 0. The number of aliphatic imine (C=N–C) groups is 2. The zero-order valence-electron chi connectivity index (χ0n) is 13.7. The van der Waals surface area contributed by atoms with E-state index in [4.69, 9.17) is 30.2 Å². The third kappa shape index (κ3) is 7.66. The van der Waals surface area contributed by atoms with Gasteiger partial charge in [0.2, 0.25) is 0 Å². The van der Waals surface area contributed by atoms with Gasteiger partial charge in [-0.25, -0.2) is 0 Å². The van der Waals surface area contributed by atoms with Gasteiger partial charge in [-0.1, -0.05) is 25.0 Å². The summed E-state index contributed by atoms with van der Waals surface area (Å²) in [6, 6.07) is 12.2. The Bertz CT molecular complexity index is 595. The van der Waals surface area contributed by atoms with Crippen LogP contribution in [0, 0.1) is 0 Å². The first-order valence-electron chi connectivity index (χ1n) is 8.07. The van der Waals surface area contributed by atoms with Crippen LogP contribution in [-0.2, 0) is 13.1 Å². The molecule has 1 fully saturated rings. The molecule has 25 heavy (non-hydrogen) atoms. The number of aromatic nitrogens is 2. The summed E-state index contributed by atoms with van der Waals surface area (Å²) in [6.45, 7) is 0. The minimum atomic E-state index is 0.194. The average Bonchev–Trinajstić information content (AvgIpc) is 2.68. The summed E-state index contributed by atoms with van der Waals surface area (Å²) in [7, 11) is 9.53. The van der Waals surface area contributed by atoms with Gasteiger partial charge in [-0.15, -0.1) is 0 Å². The van der Waals surface area contributed by atoms with Gasteiger partial charge >= 0.3 is 33.3 Å². The van der Waals surface area contributed by atoms with E-state index in [9.17, 15) is 0 Å². The molecule has 7 heteroatoms. The van der Waals surface area contributed by atoms with Crippen molar-refractivity contribution >= 4 is 32.6 Å². The van der Waals surface area contributed by atoms with E-state index in [-0.39, 0.29) is 25.2 Å². The summed E-state index contributed by atoms with van der Waals surface area (Å²) in [5.74, 6) is 0. The minimum absolute atomic E-state index is 0.194. The van der Waals surface area contributed by atoms with Crippen LogP contribution in [0.15, 0.2) is 58.8 Å². The first kappa shape index (κ1) is 20.1. The Hall–Kier alpha value is -1.26. The van der Waals surface area contributed by atoms with Crippen molar-refractivity contribution in [2.75, 3.05) is 0 Å². The van der Waals surface area contributed by atoms with Crippen LogP contribution in [0.25, 0.3) is 0 Å². The molecule has 2 atom stereocenters. The Morgan fingerprint density at radius 3 is 1.64 bits per heavy atom. The van der Waals surface area contributed by atoms with Crippen LogP contribution >= 0.6 is 20.2 Å². The summed E-state index contributed by atoms with van der Waals surface area (Å²) in [4.78, 5) is 18.0. The summed E-state index contributed by atoms with van der Waals surface area (Å²) in [5.41, 5.74) is 1.81. The van der Waals surface area contributed by atoms with Gasteiger partial charge in [-0.2, -0.15) is 0 Å². The fourth-order valence-corrected chi connectivity index (χ4v) is 2.69. The Kier molecular flexibility index (Phi) is 9.75. The van der Waals surface area contributed by atoms with E-state index in [0.717, 1.165) is 24.2 Å². The molecule has 0 aromatic carbocycles. The number of nitrogens with zero attached hydrogens (tertiary/aromatic N) is 4. The Morgan fingerprint density at radius 1 is 0.840 bits per heavy atom.